The molecule has 0 unspecified atom stereocenters. The van der Waals surface area contributed by atoms with Crippen LogP contribution < -0.4 is 93.9 Å². The van der Waals surface area contributed by atoms with Crippen molar-refractivity contribution < 1.29 is 87.4 Å². The molecule has 0 aromatic heterocycles. The number of rotatable bonds is 57. The number of unbranched alkanes of at least 4 members (excludes halogenated alkanes) is 3. The summed E-state index contributed by atoms with van der Waals surface area (Å²) >= 11 is 0. The van der Waals surface area contributed by atoms with Crippen LogP contribution in [0.3, 0.4) is 0 Å². The molecule has 4 rings (SSSR count). The lowest BCUT2D eigenvalue weighted by molar-refractivity contribution is -0.148. The van der Waals surface area contributed by atoms with Gasteiger partial charge in [0.2, 0.25) is 70.8 Å². The van der Waals surface area contributed by atoms with Gasteiger partial charge in [0.1, 0.15) is 54.4 Å². The summed E-state index contributed by atoms with van der Waals surface area (Å²) in [6.45, 7) is 9.43. The SMILES string of the molecule is CCONCCCOCCOCCOCCCNC(=O)CNC(=O)[C@@H](CCCCNC(=O)[C@H](CCCN=C(N)N)NC(=O)[C@@H]1CCCN1C(=O)[C@@H]1CCCN1C(=O)[C@H](CCCCN)NC(=O)[C@@H](N)[C@@H](C)O)N/C(O)=C(\CCCN=C(N)N)N/C(O)=C1\CCCN1C(=O)[C@@H]1CCCN1C(=O)[C@H](CCCCN)NC(=O)[C@@H](N)[C@@H](C)O. The van der Waals surface area contributed by atoms with E-state index in [4.69, 9.17) is 64.9 Å². The number of allylic oxidation sites excluding steroid dienone is 2. The normalized spacial score (nSPS) is 19.0. The van der Waals surface area contributed by atoms with Crippen molar-refractivity contribution in [3.8, 4) is 0 Å². The molecule has 11 atom stereocenters. The van der Waals surface area contributed by atoms with Gasteiger partial charge in [0.25, 0.3) is 0 Å². The Morgan fingerprint density at radius 1 is 0.513 bits per heavy atom. The minimum Gasteiger partial charge on any atom is -0.494 e. The van der Waals surface area contributed by atoms with E-state index in [-0.39, 0.29) is 159 Å². The van der Waals surface area contributed by atoms with E-state index in [1.807, 2.05) is 6.92 Å². The van der Waals surface area contributed by atoms with E-state index < -0.39 is 144 Å². The second kappa shape index (κ2) is 54.3. The Hall–Kier alpha value is -8.52. The summed E-state index contributed by atoms with van der Waals surface area (Å²) in [5, 5.41) is 66.3. The number of carbonyl (C=O) groups is 10. The van der Waals surface area contributed by atoms with Gasteiger partial charge >= 0.3 is 0 Å². The van der Waals surface area contributed by atoms with Crippen molar-refractivity contribution >= 4 is 71.0 Å². The largest absolute Gasteiger partial charge is 0.494 e. The number of hydrogen-bond acceptors (Lipinski definition) is 27. The first-order valence-electron chi connectivity index (χ1n) is 40.0. The quantitative estimate of drug-likeness (QED) is 0.00889. The zero-order valence-corrected chi connectivity index (χ0v) is 66.4. The Balaban J connectivity index is 1.54. The van der Waals surface area contributed by atoms with Gasteiger partial charge < -0.3 is 147 Å². The Bertz CT molecular complexity index is 3090. The molecule has 10 amide bonds. The van der Waals surface area contributed by atoms with Crippen LogP contribution in [0.5, 0.6) is 0 Å². The van der Waals surface area contributed by atoms with Crippen molar-refractivity contribution in [1.82, 2.24) is 67.6 Å². The summed E-state index contributed by atoms with van der Waals surface area (Å²) in [4.78, 5) is 159. The van der Waals surface area contributed by atoms with Gasteiger partial charge in [0.15, 0.2) is 11.9 Å². The van der Waals surface area contributed by atoms with Gasteiger partial charge in [0.05, 0.1) is 63.2 Å². The maximum Gasteiger partial charge on any atom is 0.249 e. The number of hydroxylamine groups is 1. The number of aliphatic hydroxyl groups excluding tert-OH is 4. The number of guanidine groups is 2. The van der Waals surface area contributed by atoms with E-state index in [1.165, 1.54) is 33.4 Å². The van der Waals surface area contributed by atoms with Gasteiger partial charge in [-0.15, -0.1) is 0 Å². The highest BCUT2D eigenvalue weighted by Gasteiger charge is 2.46. The summed E-state index contributed by atoms with van der Waals surface area (Å²) in [5.41, 5.74) is 48.7. The fourth-order valence-electron chi connectivity index (χ4n) is 13.3. The molecule has 0 spiro atoms. The van der Waals surface area contributed by atoms with Crippen molar-refractivity contribution in [3.05, 3.63) is 23.2 Å². The number of nitrogens with two attached hydrogens (primary N) is 8. The number of hydrogen-bond donors (Lipinski definition) is 21. The predicted molar refractivity (Wildman–Crippen MR) is 419 cm³/mol. The Morgan fingerprint density at radius 3 is 1.54 bits per heavy atom. The molecule has 644 valence electrons. The predicted octanol–water partition coefficient (Wildman–Crippen LogP) is -5.29. The van der Waals surface area contributed by atoms with Crippen molar-refractivity contribution in [3.63, 3.8) is 0 Å². The van der Waals surface area contributed by atoms with Crippen molar-refractivity contribution in [2.45, 2.75) is 235 Å². The third kappa shape index (κ3) is 35.0. The van der Waals surface area contributed by atoms with Gasteiger partial charge in [0, 0.05) is 72.1 Å². The molecule has 4 saturated heterocycles. The summed E-state index contributed by atoms with van der Waals surface area (Å²) in [6, 6.07) is -10.2. The first-order valence-corrected chi connectivity index (χ1v) is 40.0. The number of nitrogens with one attached hydrogen (secondary N) is 9. The molecule has 4 fully saturated rings. The lowest BCUT2D eigenvalue weighted by Crippen LogP contribution is -2.58. The number of ether oxygens (including phenoxy) is 3. The van der Waals surface area contributed by atoms with Crippen LogP contribution in [0, 0.1) is 0 Å². The van der Waals surface area contributed by atoms with Crippen LogP contribution in [0.2, 0.25) is 0 Å². The number of aliphatic imine (C=N–C) groups is 2. The molecule has 41 nitrogen and oxygen atoms in total. The second-order valence-electron chi connectivity index (χ2n) is 28.5. The van der Waals surface area contributed by atoms with Crippen LogP contribution >= 0.6 is 0 Å². The lowest BCUT2D eigenvalue weighted by atomic mass is 10.1. The minimum absolute atomic E-state index is 0.00156. The maximum atomic E-state index is 14.7. The van der Waals surface area contributed by atoms with Gasteiger partial charge in [-0.3, -0.25) is 57.9 Å². The third-order valence-corrected chi connectivity index (χ3v) is 19.5. The molecule has 0 radical (unpaired) electrons. The molecule has 4 aliphatic heterocycles. The van der Waals surface area contributed by atoms with E-state index in [0.717, 1.165) is 6.42 Å². The molecule has 4 heterocycles. The highest BCUT2D eigenvalue weighted by molar-refractivity contribution is 5.97. The average molecular weight is 1610 g/mol. The zero-order valence-electron chi connectivity index (χ0n) is 66.4. The average Bonchev–Trinajstić information content (AvgIpc) is 1.67. The fourth-order valence-corrected chi connectivity index (χ4v) is 13.3. The Labute approximate surface area is 662 Å². The topological polar surface area (TPSA) is 643 Å². The molecule has 0 saturated carbocycles. The number of amides is 10. The number of aliphatic hydroxyl groups is 4. The van der Waals surface area contributed by atoms with Gasteiger partial charge in [-0.2, -0.15) is 0 Å². The molecule has 0 bridgehead atoms. The van der Waals surface area contributed by atoms with Crippen LogP contribution in [0.15, 0.2) is 33.1 Å². The second-order valence-corrected chi connectivity index (χ2v) is 28.5. The molecule has 4 aliphatic rings. The molecule has 0 aromatic carbocycles. The molecule has 0 aromatic rings. The summed E-state index contributed by atoms with van der Waals surface area (Å²) in [6.07, 6.45) is 4.71. The highest BCUT2D eigenvalue weighted by Crippen LogP contribution is 2.31. The van der Waals surface area contributed by atoms with E-state index in [9.17, 15) is 68.4 Å². The first-order chi connectivity index (χ1) is 54.2. The summed E-state index contributed by atoms with van der Waals surface area (Å²) in [7, 11) is 0. The molecule has 0 aliphatic carbocycles. The van der Waals surface area contributed by atoms with Crippen LogP contribution in [0.4, 0.5) is 0 Å². The third-order valence-electron chi connectivity index (χ3n) is 19.5. The molecule has 29 N–H and O–H groups in total. The lowest BCUT2D eigenvalue weighted by Gasteiger charge is -2.33. The fraction of sp³-hybridized carbons (Fsp3) is 0.778. The molecule has 113 heavy (non-hydrogen) atoms. The van der Waals surface area contributed by atoms with Crippen molar-refractivity contribution in [2.24, 2.45) is 55.9 Å². The standard InChI is InChI=1S/C72H133N23O18/c1-4-113-86-34-18-40-111-42-44-112-43-41-110-39-17-33-81-57(98)45-85-61(100)48(87-62(101)50(23-12-32-84-72(79)80)89-64(103)54-25-14-36-93(54)70(109)56-27-16-38-95(56)68(107)52(21-6-9-29-74)91-66(105)59(76)47(3)97)19-7-10-30-82-60(99)49(22-11-31-83-71(77)78)88-63(102)53-24-13-35-92(53)69(108)55-26-15-37-94(55)67(106)51(20-5-8-28-73)90-65(104)58(75)46(2)96/h46-49,51-53,55-56,58-59,86-87,89,96-97,101,103H,4-45,73-76H2,1-3H3,(H,81,98)(H,82,99)(H,85,100)(H,88,102)(H,90,104)(H,91,105)(H4,77,78,83)(H4,79,80,84)/b62-50-,64-54-/t46-,47-,48-,49+,51+,52+,53+,55+,56+,58+,59+/m1/s1. The van der Waals surface area contributed by atoms with Crippen molar-refractivity contribution in [1.29, 1.82) is 0 Å². The maximum absolute atomic E-state index is 14.7. The van der Waals surface area contributed by atoms with Crippen molar-refractivity contribution in [2.75, 3.05) is 125 Å². The van der Waals surface area contributed by atoms with Crippen LogP contribution in [0.25, 0.3) is 0 Å². The van der Waals surface area contributed by atoms with Gasteiger partial charge in [-0.1, -0.05) is 0 Å². The Morgan fingerprint density at radius 2 is 0.991 bits per heavy atom. The highest BCUT2D eigenvalue weighted by atomic mass is 16.6. The van der Waals surface area contributed by atoms with Crippen LogP contribution in [0.1, 0.15) is 168 Å². The van der Waals surface area contributed by atoms with E-state index in [1.54, 1.807) is 0 Å². The monoisotopic (exact) mass is 1610 g/mol. The minimum atomic E-state index is -1.32. The molecule has 41 heteroatoms. The molecular weight excluding hydrogens is 1470 g/mol. The first kappa shape index (κ1) is 96.8. The zero-order chi connectivity index (χ0) is 83.2. The summed E-state index contributed by atoms with van der Waals surface area (Å²) < 4.78 is 16.7. The number of carbonyl (C=O) groups excluding carboxylic acids is 10. The smallest absolute Gasteiger partial charge is 0.249 e. The number of likely N-dealkylation sites (tertiary alicyclic amines) is 4. The van der Waals surface area contributed by atoms with Gasteiger partial charge in [-0.05, 0) is 182 Å². The molecular formula is C72H133N23O18. The van der Waals surface area contributed by atoms with Crippen LogP contribution in [-0.2, 0) is 67.0 Å². The number of nitrogens with zero attached hydrogens (tertiary/aromatic N) is 6. The summed E-state index contributed by atoms with van der Waals surface area (Å²) in [5.74, 6) is -7.54. The van der Waals surface area contributed by atoms with E-state index in [2.05, 4.69) is 58.0 Å². The van der Waals surface area contributed by atoms with Gasteiger partial charge in [-0.25, -0.2) is 5.48 Å². The van der Waals surface area contributed by atoms with E-state index in [0.29, 0.717) is 124 Å². The Kier molecular flexibility index (Phi) is 46.5. The van der Waals surface area contributed by atoms with E-state index >= 15 is 0 Å². The van der Waals surface area contributed by atoms with Crippen LogP contribution in [-0.4, -0.2) is 302 Å².